The smallest absolute Gasteiger partial charge is 0.251 e. The Morgan fingerprint density at radius 1 is 1.30 bits per heavy atom. The minimum atomic E-state index is -0.0233. The Morgan fingerprint density at radius 3 is 2.60 bits per heavy atom. The van der Waals surface area contributed by atoms with Gasteiger partial charge in [-0.1, -0.05) is 13.8 Å². The van der Waals surface area contributed by atoms with Gasteiger partial charge in [0, 0.05) is 39.5 Å². The Morgan fingerprint density at radius 2 is 2.00 bits per heavy atom. The standard InChI is InChI=1S/C17H24N2O.2H2/c1-4-18-16-11-9-15(10-12-16)17(20)19-13-7-5-6-8-14(2)3;;/h9-12,14,18H,4-5,7,13H2,1-3H3,(H,19,20);2*1H. The van der Waals surface area contributed by atoms with Crippen LogP contribution in [0, 0.1) is 17.8 Å². The molecular weight excluding hydrogens is 248 g/mol. The fourth-order valence-electron chi connectivity index (χ4n) is 1.70. The molecular formula is C17H28N2O. The Hall–Kier alpha value is -1.95. The first-order valence-electron chi connectivity index (χ1n) is 7.24. The summed E-state index contributed by atoms with van der Waals surface area (Å²) < 4.78 is 0. The van der Waals surface area contributed by atoms with E-state index in [-0.39, 0.29) is 8.76 Å². The van der Waals surface area contributed by atoms with Crippen LogP contribution in [0.5, 0.6) is 0 Å². The molecule has 3 heteroatoms. The number of hydrogen-bond donors (Lipinski definition) is 2. The third kappa shape index (κ3) is 6.29. The van der Waals surface area contributed by atoms with Gasteiger partial charge in [-0.05, 0) is 37.6 Å². The molecule has 3 nitrogen and oxygen atoms in total. The van der Waals surface area contributed by atoms with Crippen LogP contribution in [-0.4, -0.2) is 19.0 Å². The van der Waals surface area contributed by atoms with E-state index in [1.807, 2.05) is 31.2 Å². The van der Waals surface area contributed by atoms with Gasteiger partial charge in [0.2, 0.25) is 0 Å². The van der Waals surface area contributed by atoms with Gasteiger partial charge in [-0.3, -0.25) is 4.79 Å². The first-order valence-corrected chi connectivity index (χ1v) is 7.24. The van der Waals surface area contributed by atoms with Gasteiger partial charge in [-0.2, -0.15) is 0 Å². The molecule has 0 saturated carbocycles. The van der Waals surface area contributed by atoms with Crippen LogP contribution in [0.4, 0.5) is 5.69 Å². The number of benzene rings is 1. The number of nitrogens with one attached hydrogen (secondary N) is 2. The number of amides is 1. The molecule has 0 unspecified atom stereocenters. The van der Waals surface area contributed by atoms with Gasteiger partial charge >= 0.3 is 0 Å². The Labute approximate surface area is 125 Å². The molecule has 1 amide bonds. The predicted molar refractivity (Wildman–Crippen MR) is 89.0 cm³/mol. The molecule has 0 radical (unpaired) electrons. The van der Waals surface area contributed by atoms with Crippen molar-refractivity contribution in [1.29, 1.82) is 0 Å². The molecule has 0 aliphatic rings. The number of hydrogen-bond acceptors (Lipinski definition) is 2. The van der Waals surface area contributed by atoms with Crippen LogP contribution in [0.2, 0.25) is 0 Å². The second kappa shape index (κ2) is 9.03. The number of anilines is 1. The van der Waals surface area contributed by atoms with Crippen LogP contribution >= 0.6 is 0 Å². The molecule has 0 atom stereocenters. The van der Waals surface area contributed by atoms with E-state index < -0.39 is 0 Å². The third-order valence-electron chi connectivity index (χ3n) is 2.68. The molecule has 1 aromatic carbocycles. The van der Waals surface area contributed by atoms with Crippen LogP contribution in [0.25, 0.3) is 0 Å². The highest BCUT2D eigenvalue weighted by atomic mass is 16.1. The normalized spacial score (nSPS) is 9.80. The number of unbranched alkanes of at least 4 members (excludes halogenated alkanes) is 1. The predicted octanol–water partition coefficient (Wildman–Crippen LogP) is 3.78. The molecule has 0 fully saturated rings. The lowest BCUT2D eigenvalue weighted by molar-refractivity contribution is 0.0953. The van der Waals surface area contributed by atoms with Gasteiger partial charge < -0.3 is 10.6 Å². The molecule has 1 rings (SSSR count). The van der Waals surface area contributed by atoms with Crippen LogP contribution in [0.15, 0.2) is 24.3 Å². The zero-order valence-corrected chi connectivity index (χ0v) is 12.6. The van der Waals surface area contributed by atoms with E-state index in [1.54, 1.807) is 0 Å². The molecule has 1 aromatic rings. The van der Waals surface area contributed by atoms with Gasteiger partial charge in [0.05, 0.1) is 0 Å². The lowest BCUT2D eigenvalue weighted by atomic mass is 10.2. The van der Waals surface area contributed by atoms with Crippen molar-refractivity contribution in [3.63, 3.8) is 0 Å². The van der Waals surface area contributed by atoms with E-state index >= 15 is 0 Å². The van der Waals surface area contributed by atoms with Crippen molar-refractivity contribution in [3.8, 4) is 11.8 Å². The van der Waals surface area contributed by atoms with Crippen molar-refractivity contribution >= 4 is 11.6 Å². The number of carbonyl (C=O) groups excluding carboxylic acids is 1. The molecule has 0 aliphatic carbocycles. The molecule has 0 aliphatic heterocycles. The van der Waals surface area contributed by atoms with Crippen molar-refractivity contribution < 1.29 is 7.65 Å². The summed E-state index contributed by atoms with van der Waals surface area (Å²) in [6.45, 7) is 7.74. The summed E-state index contributed by atoms with van der Waals surface area (Å²) in [5.41, 5.74) is 1.73. The summed E-state index contributed by atoms with van der Waals surface area (Å²) in [5.74, 6) is 6.62. The topological polar surface area (TPSA) is 41.1 Å². The highest BCUT2D eigenvalue weighted by Gasteiger charge is 2.03. The minimum Gasteiger partial charge on any atom is -0.385 e. The summed E-state index contributed by atoms with van der Waals surface area (Å²) in [5, 5.41) is 6.11. The van der Waals surface area contributed by atoms with Crippen LogP contribution in [-0.2, 0) is 0 Å². The largest absolute Gasteiger partial charge is 0.385 e. The van der Waals surface area contributed by atoms with Crippen LogP contribution in [0.3, 0.4) is 0 Å². The van der Waals surface area contributed by atoms with E-state index in [0.717, 1.165) is 25.1 Å². The molecule has 0 saturated heterocycles. The van der Waals surface area contributed by atoms with Crippen LogP contribution in [0.1, 0.15) is 46.8 Å². The van der Waals surface area contributed by atoms with Gasteiger partial charge in [0.1, 0.15) is 0 Å². The number of carbonyl (C=O) groups is 1. The zero-order chi connectivity index (χ0) is 14.8. The molecule has 0 heterocycles. The highest BCUT2D eigenvalue weighted by Crippen LogP contribution is 2.09. The molecule has 20 heavy (non-hydrogen) atoms. The fourth-order valence-corrected chi connectivity index (χ4v) is 1.70. The maximum atomic E-state index is 11.9. The Bertz CT molecular complexity index is 476. The van der Waals surface area contributed by atoms with E-state index in [0.29, 0.717) is 18.0 Å². The molecule has 2 N–H and O–H groups in total. The Kier molecular flexibility index (Phi) is 7.27. The zero-order valence-electron chi connectivity index (χ0n) is 12.6. The molecule has 0 bridgehead atoms. The first-order chi connectivity index (χ1) is 9.63. The van der Waals surface area contributed by atoms with Crippen molar-refractivity contribution in [2.45, 2.75) is 33.6 Å². The maximum Gasteiger partial charge on any atom is 0.251 e. The molecule has 0 aromatic heterocycles. The molecule has 112 valence electrons. The van der Waals surface area contributed by atoms with E-state index in [1.165, 1.54) is 0 Å². The summed E-state index contributed by atoms with van der Waals surface area (Å²) >= 11 is 0. The van der Waals surface area contributed by atoms with Gasteiger partial charge in [0.15, 0.2) is 0 Å². The summed E-state index contributed by atoms with van der Waals surface area (Å²) in [6, 6.07) is 7.52. The lowest BCUT2D eigenvalue weighted by Crippen LogP contribution is -2.24. The van der Waals surface area contributed by atoms with Crippen molar-refractivity contribution in [2.24, 2.45) is 5.92 Å². The third-order valence-corrected chi connectivity index (χ3v) is 2.68. The van der Waals surface area contributed by atoms with Crippen molar-refractivity contribution in [1.82, 2.24) is 5.32 Å². The van der Waals surface area contributed by atoms with Crippen LogP contribution < -0.4 is 10.6 Å². The van der Waals surface area contributed by atoms with Gasteiger partial charge in [-0.15, -0.1) is 11.8 Å². The summed E-state index contributed by atoms with van der Waals surface area (Å²) in [4.78, 5) is 11.9. The monoisotopic (exact) mass is 276 g/mol. The minimum absolute atomic E-state index is 0. The average molecular weight is 276 g/mol. The van der Waals surface area contributed by atoms with E-state index in [4.69, 9.17) is 0 Å². The maximum absolute atomic E-state index is 11.9. The second-order valence-electron chi connectivity index (χ2n) is 4.94. The quantitative estimate of drug-likeness (QED) is 0.613. The van der Waals surface area contributed by atoms with Crippen molar-refractivity contribution in [2.75, 3.05) is 18.4 Å². The molecule has 0 spiro atoms. The van der Waals surface area contributed by atoms with Crippen molar-refractivity contribution in [3.05, 3.63) is 29.8 Å². The number of rotatable bonds is 6. The summed E-state index contributed by atoms with van der Waals surface area (Å²) in [6.07, 6.45) is 1.72. The average Bonchev–Trinajstić information content (AvgIpc) is 2.43. The van der Waals surface area contributed by atoms with E-state index in [9.17, 15) is 4.79 Å². The lowest BCUT2D eigenvalue weighted by Gasteiger charge is -2.06. The van der Waals surface area contributed by atoms with E-state index in [2.05, 4.69) is 36.3 Å². The Balaban J connectivity index is 0. The first kappa shape index (κ1) is 16.1. The fraction of sp³-hybridized carbons (Fsp3) is 0.471. The van der Waals surface area contributed by atoms with Gasteiger partial charge in [0.25, 0.3) is 5.91 Å². The van der Waals surface area contributed by atoms with Gasteiger partial charge in [-0.25, -0.2) is 0 Å². The highest BCUT2D eigenvalue weighted by molar-refractivity contribution is 5.94. The summed E-state index contributed by atoms with van der Waals surface area (Å²) in [7, 11) is 0. The second-order valence-corrected chi connectivity index (χ2v) is 4.94. The SMILES string of the molecule is CCNc1ccc(C(=O)NCCCC#CC(C)C)cc1.[HH].[HH].